The van der Waals surface area contributed by atoms with Gasteiger partial charge in [-0.3, -0.25) is 4.98 Å². The molecule has 0 spiro atoms. The highest BCUT2D eigenvalue weighted by Gasteiger charge is 2.21. The summed E-state index contributed by atoms with van der Waals surface area (Å²) in [6.07, 6.45) is 6.21. The molecule has 0 bridgehead atoms. The first-order valence-corrected chi connectivity index (χ1v) is 8.66. The molecule has 3 N–H and O–H groups in total. The molecule has 124 valence electrons. The van der Waals surface area contributed by atoms with Gasteiger partial charge in [-0.25, -0.2) is 0 Å². The van der Waals surface area contributed by atoms with Crippen molar-refractivity contribution >= 4 is 21.8 Å². The van der Waals surface area contributed by atoms with Crippen LogP contribution in [-0.2, 0) is 12.8 Å². The Bertz CT molecular complexity index is 1130. The molecule has 1 aliphatic carbocycles. The van der Waals surface area contributed by atoms with Crippen LogP contribution >= 0.6 is 0 Å². The van der Waals surface area contributed by atoms with E-state index < -0.39 is 0 Å². The third-order valence-corrected chi connectivity index (χ3v) is 5.26. The lowest BCUT2D eigenvalue weighted by molar-refractivity contribution is 0.451. The van der Waals surface area contributed by atoms with E-state index in [1.807, 2.05) is 12.3 Å². The molecule has 1 aliphatic rings. The Hall–Kier alpha value is -3.01. The number of aryl methyl sites for hydroxylation is 1. The Morgan fingerprint density at radius 2 is 1.76 bits per heavy atom. The van der Waals surface area contributed by atoms with Crippen LogP contribution in [0.3, 0.4) is 0 Å². The average Bonchev–Trinajstić information content (AvgIpc) is 3.10. The Balaban J connectivity index is 1.90. The molecule has 0 saturated heterocycles. The van der Waals surface area contributed by atoms with Crippen LogP contribution in [0.15, 0.2) is 42.6 Å². The molecule has 2 aromatic heterocycles. The van der Waals surface area contributed by atoms with E-state index in [9.17, 15) is 10.2 Å². The summed E-state index contributed by atoms with van der Waals surface area (Å²) in [4.78, 5) is 7.98. The van der Waals surface area contributed by atoms with E-state index in [0.717, 1.165) is 41.6 Å². The molecule has 0 atom stereocenters. The van der Waals surface area contributed by atoms with Crippen molar-refractivity contribution < 1.29 is 10.2 Å². The first-order chi connectivity index (χ1) is 12.2. The minimum atomic E-state index is 0.0699. The van der Waals surface area contributed by atoms with Crippen molar-refractivity contribution in [2.24, 2.45) is 0 Å². The maximum absolute atomic E-state index is 10.4. The highest BCUT2D eigenvalue weighted by Crippen LogP contribution is 2.40. The standard InChI is InChI=1S/C21H18N2O2/c24-12-5-6-16(19(25)11-12)21-14-4-2-1-3-13(14)20-15-9-10-22-17(15)7-8-18(20)23-21/h5-11,23-25H,1-4H2. The van der Waals surface area contributed by atoms with Gasteiger partial charge in [0, 0.05) is 34.1 Å². The van der Waals surface area contributed by atoms with E-state index in [2.05, 4.69) is 22.1 Å². The van der Waals surface area contributed by atoms with Gasteiger partial charge in [0.1, 0.15) is 11.5 Å². The van der Waals surface area contributed by atoms with Crippen LogP contribution in [0.2, 0.25) is 0 Å². The maximum atomic E-state index is 10.4. The minimum absolute atomic E-state index is 0.0699. The number of hydrogen-bond donors (Lipinski definition) is 3. The molecular formula is C21H18N2O2. The summed E-state index contributed by atoms with van der Waals surface area (Å²) in [7, 11) is 0. The number of aromatic amines is 1. The van der Waals surface area contributed by atoms with Crippen LogP contribution in [0.25, 0.3) is 33.1 Å². The molecule has 4 nitrogen and oxygen atoms in total. The fraction of sp³-hybridized carbons (Fsp3) is 0.190. The number of rotatable bonds is 1. The lowest BCUT2D eigenvalue weighted by atomic mass is 9.85. The quantitative estimate of drug-likeness (QED) is 0.475. The van der Waals surface area contributed by atoms with Crippen LogP contribution in [0, 0.1) is 0 Å². The van der Waals surface area contributed by atoms with Crippen LogP contribution in [0.5, 0.6) is 11.5 Å². The predicted molar refractivity (Wildman–Crippen MR) is 99.0 cm³/mol. The van der Waals surface area contributed by atoms with Crippen molar-refractivity contribution in [1.82, 2.24) is 9.97 Å². The van der Waals surface area contributed by atoms with E-state index >= 15 is 0 Å². The van der Waals surface area contributed by atoms with E-state index in [1.54, 1.807) is 12.1 Å². The highest BCUT2D eigenvalue weighted by atomic mass is 16.3. The summed E-state index contributed by atoms with van der Waals surface area (Å²) in [6.45, 7) is 0. The molecular weight excluding hydrogens is 312 g/mol. The fourth-order valence-electron chi connectivity index (χ4n) is 4.14. The number of nitrogens with one attached hydrogen (secondary N) is 1. The van der Waals surface area contributed by atoms with Gasteiger partial charge < -0.3 is 15.2 Å². The summed E-state index contributed by atoms with van der Waals surface area (Å²) < 4.78 is 0. The number of phenolic OH excluding ortho intramolecular Hbond substituents is 2. The number of fused-ring (bicyclic) bond motifs is 5. The monoisotopic (exact) mass is 330 g/mol. The largest absolute Gasteiger partial charge is 0.508 e. The second-order valence-electron chi connectivity index (χ2n) is 6.73. The van der Waals surface area contributed by atoms with E-state index in [-0.39, 0.29) is 11.5 Å². The topological polar surface area (TPSA) is 69.1 Å². The van der Waals surface area contributed by atoms with Crippen LogP contribution < -0.4 is 0 Å². The Morgan fingerprint density at radius 3 is 2.60 bits per heavy atom. The van der Waals surface area contributed by atoms with Gasteiger partial charge in [0.15, 0.2) is 0 Å². The van der Waals surface area contributed by atoms with Crippen LogP contribution in [0.4, 0.5) is 0 Å². The lowest BCUT2D eigenvalue weighted by Crippen LogP contribution is -2.08. The first-order valence-electron chi connectivity index (χ1n) is 8.66. The summed E-state index contributed by atoms with van der Waals surface area (Å²) in [6, 6.07) is 11.0. The zero-order valence-corrected chi connectivity index (χ0v) is 13.7. The molecule has 0 radical (unpaired) electrons. The molecule has 25 heavy (non-hydrogen) atoms. The number of H-pyrrole nitrogens is 1. The minimum Gasteiger partial charge on any atom is -0.508 e. The van der Waals surface area contributed by atoms with Crippen molar-refractivity contribution in [3.8, 4) is 22.8 Å². The van der Waals surface area contributed by atoms with Gasteiger partial charge in [0.25, 0.3) is 0 Å². The zero-order valence-electron chi connectivity index (χ0n) is 13.7. The highest BCUT2D eigenvalue weighted by molar-refractivity contribution is 6.08. The van der Waals surface area contributed by atoms with Crippen molar-refractivity contribution in [2.75, 3.05) is 0 Å². The number of pyridine rings is 1. The Kier molecular flexibility index (Phi) is 3.01. The molecule has 0 aliphatic heterocycles. The van der Waals surface area contributed by atoms with Gasteiger partial charge in [0.2, 0.25) is 0 Å². The van der Waals surface area contributed by atoms with E-state index in [1.165, 1.54) is 34.4 Å². The van der Waals surface area contributed by atoms with Crippen molar-refractivity contribution in [1.29, 1.82) is 0 Å². The normalized spacial score (nSPS) is 14.1. The summed E-state index contributed by atoms with van der Waals surface area (Å²) >= 11 is 0. The van der Waals surface area contributed by atoms with Gasteiger partial charge in [0.05, 0.1) is 11.2 Å². The number of aromatic nitrogens is 2. The van der Waals surface area contributed by atoms with Gasteiger partial charge in [-0.15, -0.1) is 0 Å². The van der Waals surface area contributed by atoms with Crippen molar-refractivity contribution in [3.63, 3.8) is 0 Å². The Labute approximate surface area is 144 Å². The maximum Gasteiger partial charge on any atom is 0.128 e. The summed E-state index contributed by atoms with van der Waals surface area (Å²) in [5.74, 6) is 0.167. The lowest BCUT2D eigenvalue weighted by Gasteiger charge is -2.23. The number of hydrogen-bond acceptors (Lipinski definition) is 3. The number of nitrogens with zero attached hydrogens (tertiary/aromatic N) is 1. The molecule has 5 rings (SSSR count). The molecule has 2 aromatic carbocycles. The molecule has 4 heteroatoms. The summed E-state index contributed by atoms with van der Waals surface area (Å²) in [5.41, 5.74) is 6.41. The molecule has 2 heterocycles. The zero-order chi connectivity index (χ0) is 17.0. The van der Waals surface area contributed by atoms with Gasteiger partial charge in [-0.2, -0.15) is 0 Å². The number of benzene rings is 2. The van der Waals surface area contributed by atoms with Gasteiger partial charge in [-0.1, -0.05) is 0 Å². The molecule has 0 saturated carbocycles. The molecule has 0 amide bonds. The Morgan fingerprint density at radius 1 is 0.920 bits per heavy atom. The van der Waals surface area contributed by atoms with E-state index in [4.69, 9.17) is 0 Å². The predicted octanol–water partition coefficient (Wildman–Crippen LogP) is 4.67. The second-order valence-corrected chi connectivity index (χ2v) is 6.73. The first kappa shape index (κ1) is 14.3. The number of phenols is 2. The van der Waals surface area contributed by atoms with Crippen molar-refractivity contribution in [2.45, 2.75) is 25.7 Å². The molecule has 4 aromatic rings. The summed E-state index contributed by atoms with van der Waals surface area (Å²) in [5, 5.41) is 22.4. The second kappa shape index (κ2) is 5.24. The molecule has 0 unspecified atom stereocenters. The van der Waals surface area contributed by atoms with Gasteiger partial charge >= 0.3 is 0 Å². The van der Waals surface area contributed by atoms with Crippen LogP contribution in [0.1, 0.15) is 24.0 Å². The third-order valence-electron chi connectivity index (χ3n) is 5.26. The van der Waals surface area contributed by atoms with E-state index in [0.29, 0.717) is 0 Å². The third kappa shape index (κ3) is 2.10. The van der Waals surface area contributed by atoms with Gasteiger partial charge in [-0.05, 0) is 67.1 Å². The SMILES string of the molecule is Oc1ccc(-c2[nH]c3ccc4nccc4c3c3c2CCCC3)c(O)c1. The van der Waals surface area contributed by atoms with Crippen LogP contribution in [-0.4, -0.2) is 20.2 Å². The fourth-order valence-corrected chi connectivity index (χ4v) is 4.14. The number of aromatic hydroxyl groups is 2. The smallest absolute Gasteiger partial charge is 0.128 e. The van der Waals surface area contributed by atoms with Crippen molar-refractivity contribution in [3.05, 3.63) is 53.7 Å². The molecule has 0 fully saturated rings. The average molecular weight is 330 g/mol.